The maximum Gasteiger partial charge on any atom is 0.182 e. The molecule has 390 valence electrons. The Bertz CT molecular complexity index is 2700. The topological polar surface area (TPSA) is 77.3 Å². The van der Waals surface area contributed by atoms with E-state index in [0.29, 0.717) is 35.3 Å². The third-order valence-corrected chi connectivity index (χ3v) is 15.9. The van der Waals surface area contributed by atoms with Crippen LogP contribution in [0.4, 0.5) is 0 Å². The van der Waals surface area contributed by atoms with Crippen LogP contribution in [0.3, 0.4) is 0 Å². The zero-order valence-electron chi connectivity index (χ0n) is 48.2. The molecule has 2 heterocycles. The molecule has 7 aromatic rings. The minimum atomic E-state index is 0.0609. The Balaban J connectivity index is 1.25. The van der Waals surface area contributed by atoms with Gasteiger partial charge in [0.05, 0.1) is 0 Å². The molecule has 0 aliphatic heterocycles. The molecule has 6 heteroatoms. The van der Waals surface area contributed by atoms with Crippen LogP contribution in [0.2, 0.25) is 0 Å². The van der Waals surface area contributed by atoms with Crippen molar-refractivity contribution in [3.63, 3.8) is 0 Å². The second-order valence-electron chi connectivity index (χ2n) is 25.8. The highest BCUT2D eigenvalue weighted by molar-refractivity contribution is 5.81. The molecule has 6 nitrogen and oxygen atoms in total. The molecule has 0 saturated carbocycles. The van der Waals surface area contributed by atoms with Crippen molar-refractivity contribution < 1.29 is 0 Å². The number of hydrogen-bond donors (Lipinski definition) is 0. The van der Waals surface area contributed by atoms with Crippen molar-refractivity contribution in [3.05, 3.63) is 144 Å². The fourth-order valence-electron chi connectivity index (χ4n) is 9.95. The molecule has 0 unspecified atom stereocenters. The van der Waals surface area contributed by atoms with Crippen LogP contribution in [0.5, 0.6) is 0 Å². The minimum Gasteiger partial charge on any atom is -0.224 e. The molecule has 0 atom stereocenters. The van der Waals surface area contributed by atoms with Gasteiger partial charge < -0.3 is 0 Å². The van der Waals surface area contributed by atoms with Gasteiger partial charge in [0.15, 0.2) is 11.6 Å². The molecule has 0 aliphatic carbocycles. The zero-order valence-corrected chi connectivity index (χ0v) is 48.2. The fourth-order valence-corrected chi connectivity index (χ4v) is 9.95. The zero-order chi connectivity index (χ0) is 53.6. The van der Waals surface area contributed by atoms with Crippen LogP contribution in [0.1, 0.15) is 184 Å². The molecule has 0 saturated heterocycles. The standard InChI is InChI=1S/C68H88N6/c1-45(2)37-41-65(9,10)55-29-21-49(22-30-55)59-61(51-25-33-57(34-26-51)67(13,14)43-39-47(5)6)71-73-63(69-59)53-17-19-54(20-18-53)64-70-60(50-23-31-56(32-24-50)66(11,12)42-38-46(3)4)62(72-74-64)52-27-35-58(36-28-52)68(15,16)44-40-48(7)8/h17-36,45-48H,37-44H2,1-16H3. The van der Waals surface area contributed by atoms with Crippen molar-refractivity contribution in [2.45, 2.75) is 184 Å². The van der Waals surface area contributed by atoms with Crippen molar-refractivity contribution >= 4 is 0 Å². The van der Waals surface area contributed by atoms with Gasteiger partial charge in [0.2, 0.25) is 0 Å². The van der Waals surface area contributed by atoms with Gasteiger partial charge in [-0.05, 0) is 93.3 Å². The van der Waals surface area contributed by atoms with Crippen molar-refractivity contribution in [2.24, 2.45) is 23.7 Å². The summed E-state index contributed by atoms with van der Waals surface area (Å²) < 4.78 is 0. The maximum absolute atomic E-state index is 5.33. The first-order valence-electron chi connectivity index (χ1n) is 28.0. The van der Waals surface area contributed by atoms with Crippen molar-refractivity contribution in [1.29, 1.82) is 0 Å². The van der Waals surface area contributed by atoms with Gasteiger partial charge >= 0.3 is 0 Å². The highest BCUT2D eigenvalue weighted by Gasteiger charge is 2.26. The molecule has 74 heavy (non-hydrogen) atoms. The summed E-state index contributed by atoms with van der Waals surface area (Å²) in [6.45, 7) is 37.2. The maximum atomic E-state index is 5.33. The molecule has 5 aromatic carbocycles. The Morgan fingerprint density at radius 3 is 0.689 bits per heavy atom. The Morgan fingerprint density at radius 1 is 0.270 bits per heavy atom. The molecule has 0 aliphatic rings. The van der Waals surface area contributed by atoms with E-state index in [1.54, 1.807) is 0 Å². The lowest BCUT2D eigenvalue weighted by Crippen LogP contribution is -2.18. The van der Waals surface area contributed by atoms with E-state index in [1.165, 1.54) is 47.9 Å². The normalized spacial score (nSPS) is 12.7. The molecule has 0 spiro atoms. The predicted octanol–water partition coefficient (Wildman–Crippen LogP) is 18.9. The van der Waals surface area contributed by atoms with Gasteiger partial charge in [0.1, 0.15) is 22.8 Å². The van der Waals surface area contributed by atoms with Crippen molar-refractivity contribution in [1.82, 2.24) is 30.4 Å². The van der Waals surface area contributed by atoms with Crippen LogP contribution in [-0.4, -0.2) is 30.4 Å². The first kappa shape index (κ1) is 55.9. The molecule has 0 bridgehead atoms. The Labute approximate surface area is 447 Å². The summed E-state index contributed by atoms with van der Waals surface area (Å²) in [5.41, 5.74) is 14.5. The van der Waals surface area contributed by atoms with E-state index < -0.39 is 0 Å². The predicted molar refractivity (Wildman–Crippen MR) is 314 cm³/mol. The van der Waals surface area contributed by atoms with E-state index in [0.717, 1.165) is 81.8 Å². The highest BCUT2D eigenvalue weighted by atomic mass is 15.2. The number of nitrogens with zero attached hydrogens (tertiary/aromatic N) is 6. The minimum absolute atomic E-state index is 0.0609. The van der Waals surface area contributed by atoms with E-state index in [-0.39, 0.29) is 21.7 Å². The second-order valence-corrected chi connectivity index (χ2v) is 25.8. The highest BCUT2D eigenvalue weighted by Crippen LogP contribution is 2.39. The fraction of sp³-hybridized carbons (Fsp3) is 0.471. The summed E-state index contributed by atoms with van der Waals surface area (Å²) in [5, 5.41) is 19.5. The summed E-state index contributed by atoms with van der Waals surface area (Å²) in [5.74, 6) is 3.78. The summed E-state index contributed by atoms with van der Waals surface area (Å²) in [6, 6.07) is 44.0. The Kier molecular flexibility index (Phi) is 17.6. The van der Waals surface area contributed by atoms with Crippen molar-refractivity contribution in [3.8, 4) is 67.8 Å². The van der Waals surface area contributed by atoms with Gasteiger partial charge in [-0.25, -0.2) is 9.97 Å². The summed E-state index contributed by atoms with van der Waals surface area (Å²) >= 11 is 0. The smallest absolute Gasteiger partial charge is 0.182 e. The van der Waals surface area contributed by atoms with Crippen molar-refractivity contribution in [2.75, 3.05) is 0 Å². The lowest BCUT2D eigenvalue weighted by atomic mass is 9.78. The van der Waals surface area contributed by atoms with Crippen LogP contribution in [0.25, 0.3) is 67.8 Å². The van der Waals surface area contributed by atoms with E-state index >= 15 is 0 Å². The second kappa shape index (κ2) is 23.3. The van der Waals surface area contributed by atoms with Gasteiger partial charge in [-0.15, -0.1) is 20.4 Å². The Hall–Kier alpha value is -5.88. The van der Waals surface area contributed by atoms with Crippen LogP contribution in [0, 0.1) is 23.7 Å². The molecule has 0 fully saturated rings. The molecule has 0 radical (unpaired) electrons. The number of hydrogen-bond acceptors (Lipinski definition) is 6. The first-order valence-corrected chi connectivity index (χ1v) is 28.0. The Morgan fingerprint density at radius 2 is 0.473 bits per heavy atom. The number of rotatable bonds is 22. The van der Waals surface area contributed by atoms with E-state index in [2.05, 4.69) is 232 Å². The number of aromatic nitrogens is 6. The summed E-state index contributed by atoms with van der Waals surface area (Å²) in [6.07, 6.45) is 9.29. The van der Waals surface area contributed by atoms with E-state index in [4.69, 9.17) is 30.4 Å². The lowest BCUT2D eigenvalue weighted by molar-refractivity contribution is 0.415. The SMILES string of the molecule is CC(C)CCC(C)(C)c1ccc(-c2nnc(-c3ccc(-c4nnc(-c5ccc(C(C)(C)CCC(C)C)cc5)c(-c5ccc(C(C)(C)CCC(C)C)cc5)n4)cc3)nc2-c2ccc(C(C)(C)CCC(C)C)cc2)cc1. The number of benzene rings is 5. The van der Waals surface area contributed by atoms with Crippen LogP contribution >= 0.6 is 0 Å². The van der Waals surface area contributed by atoms with Crippen LogP contribution < -0.4 is 0 Å². The van der Waals surface area contributed by atoms with Gasteiger partial charge in [-0.1, -0.05) is 258 Å². The van der Waals surface area contributed by atoms with Crippen LogP contribution in [-0.2, 0) is 21.7 Å². The van der Waals surface area contributed by atoms with Gasteiger partial charge in [-0.2, -0.15) is 0 Å². The molecule has 0 amide bonds. The quantitative estimate of drug-likeness (QED) is 0.0673. The molecule has 0 N–H and O–H groups in total. The lowest BCUT2D eigenvalue weighted by Gasteiger charge is -2.27. The third-order valence-electron chi connectivity index (χ3n) is 15.9. The average molecular weight is 989 g/mol. The van der Waals surface area contributed by atoms with E-state index in [9.17, 15) is 0 Å². The molecular weight excluding hydrogens is 901 g/mol. The van der Waals surface area contributed by atoms with E-state index in [1.807, 2.05) is 0 Å². The van der Waals surface area contributed by atoms with Gasteiger partial charge in [0.25, 0.3) is 0 Å². The van der Waals surface area contributed by atoms with Gasteiger partial charge in [-0.3, -0.25) is 0 Å². The van der Waals surface area contributed by atoms with Crippen LogP contribution in [0.15, 0.2) is 121 Å². The largest absolute Gasteiger partial charge is 0.224 e. The van der Waals surface area contributed by atoms with Gasteiger partial charge in [0, 0.05) is 33.4 Å². The first-order chi connectivity index (χ1) is 34.9. The molecular formula is C68H88N6. The summed E-state index contributed by atoms with van der Waals surface area (Å²) in [4.78, 5) is 10.7. The summed E-state index contributed by atoms with van der Waals surface area (Å²) in [7, 11) is 0. The molecule has 2 aromatic heterocycles. The third kappa shape index (κ3) is 13.9. The monoisotopic (exact) mass is 989 g/mol. The molecule has 7 rings (SSSR count). The average Bonchev–Trinajstić information content (AvgIpc) is 3.38.